The molecule has 0 bridgehead atoms. The Kier molecular flexibility index (Phi) is 21.4. The van der Waals surface area contributed by atoms with Gasteiger partial charge in [-0.3, -0.25) is 0 Å². The number of phenolic OH excluding ortho intramolecular Hbond substituents is 2. The molecule has 0 unspecified atom stereocenters. The van der Waals surface area contributed by atoms with Crippen LogP contribution in [0.2, 0.25) is 0 Å². The summed E-state index contributed by atoms with van der Waals surface area (Å²) in [6, 6.07) is 13.6. The molecule has 48 heavy (non-hydrogen) atoms. The first-order valence-corrected chi connectivity index (χ1v) is 18.1. The largest absolute Gasteiger partial charge is 0.507 e. The van der Waals surface area contributed by atoms with Crippen molar-refractivity contribution in [2.75, 3.05) is 13.2 Å². The molecule has 0 aromatic heterocycles. The fourth-order valence-electron chi connectivity index (χ4n) is 5.20. The fraction of sp³-hybridized carbons (Fsp3) is 0.550. The number of rotatable bonds is 26. The second-order valence-electron chi connectivity index (χ2n) is 12.2. The number of benzene rings is 2. The molecular formula is C40H56N4O4. The van der Waals surface area contributed by atoms with Gasteiger partial charge in [0, 0.05) is 35.7 Å². The number of aliphatic imine (C=N–C) groups is 2. The van der Waals surface area contributed by atoms with Crippen LogP contribution < -0.4 is 9.47 Å². The first-order chi connectivity index (χ1) is 23.5. The van der Waals surface area contributed by atoms with Crippen molar-refractivity contribution in [2.45, 2.75) is 129 Å². The lowest BCUT2D eigenvalue weighted by molar-refractivity contribution is 0.302. The number of hydrogen-bond acceptors (Lipinski definition) is 8. The lowest BCUT2D eigenvalue weighted by Gasteiger charge is -2.08. The van der Waals surface area contributed by atoms with E-state index in [0.29, 0.717) is 35.8 Å². The summed E-state index contributed by atoms with van der Waals surface area (Å²) in [6.45, 7) is 5.63. The number of hydrogen-bond donors (Lipinski definition) is 2. The Hall–Kier alpha value is -4.30. The quantitative estimate of drug-likeness (QED) is 0.0588. The van der Waals surface area contributed by atoms with E-state index in [0.717, 1.165) is 25.7 Å². The van der Waals surface area contributed by atoms with Crippen LogP contribution in [-0.4, -0.2) is 35.9 Å². The highest BCUT2D eigenvalue weighted by atomic mass is 16.5. The standard InChI is InChI=1S/C40H56N4O4/c1-3-5-7-9-11-13-15-17-19-25-47-35-23-21-33(39(45)27-35)31-43-37(29-41)38(30-42)44-32-34-22-24-36(28-40(34)46)48-26-20-18-16-14-12-10-8-6-4-2/h21-24,27-28,31-32,45-46H,3-20,25-26H2,1-2H3/b38-37-,43-31?,44-32?. The molecule has 0 amide bonds. The van der Waals surface area contributed by atoms with Crippen molar-refractivity contribution in [3.05, 3.63) is 58.9 Å². The van der Waals surface area contributed by atoms with Gasteiger partial charge in [-0.15, -0.1) is 0 Å². The summed E-state index contributed by atoms with van der Waals surface area (Å²) < 4.78 is 11.6. The molecule has 2 rings (SSSR count). The molecule has 8 heteroatoms. The summed E-state index contributed by atoms with van der Waals surface area (Å²) in [5.41, 5.74) is 0.295. The van der Waals surface area contributed by atoms with Gasteiger partial charge in [-0.1, -0.05) is 117 Å². The van der Waals surface area contributed by atoms with Gasteiger partial charge in [0.25, 0.3) is 0 Å². The maximum atomic E-state index is 10.5. The van der Waals surface area contributed by atoms with Crippen molar-refractivity contribution >= 4 is 12.4 Å². The number of unbranched alkanes of at least 4 members (excludes halogenated alkanes) is 16. The summed E-state index contributed by atoms with van der Waals surface area (Å²) in [5.74, 6) is 1.02. The Morgan fingerprint density at radius 2 is 0.896 bits per heavy atom. The molecule has 0 saturated carbocycles. The highest BCUT2D eigenvalue weighted by Gasteiger charge is 2.07. The van der Waals surface area contributed by atoms with Crippen LogP contribution >= 0.6 is 0 Å². The number of allylic oxidation sites excluding steroid dienone is 2. The van der Waals surface area contributed by atoms with E-state index < -0.39 is 0 Å². The minimum absolute atomic E-state index is 0.0485. The van der Waals surface area contributed by atoms with Gasteiger partial charge >= 0.3 is 0 Å². The van der Waals surface area contributed by atoms with Crippen LogP contribution in [0, 0.1) is 22.7 Å². The minimum atomic E-state index is -0.223. The van der Waals surface area contributed by atoms with Crippen LogP contribution in [0.25, 0.3) is 0 Å². The SMILES string of the molecule is CCCCCCCCCCCOc1ccc(C=N/C(C#N)=C(/C#N)N=Cc2ccc(OCCCCCCCCCCC)cc2O)c(O)c1. The molecule has 2 N–H and O–H groups in total. The van der Waals surface area contributed by atoms with E-state index in [4.69, 9.17) is 9.47 Å². The number of phenols is 2. The van der Waals surface area contributed by atoms with E-state index in [9.17, 15) is 20.7 Å². The average molecular weight is 657 g/mol. The summed E-state index contributed by atoms with van der Waals surface area (Å²) in [7, 11) is 0. The van der Waals surface area contributed by atoms with Gasteiger partial charge in [0.05, 0.1) is 13.2 Å². The summed E-state index contributed by atoms with van der Waals surface area (Å²) in [5, 5.41) is 40.2. The molecule has 260 valence electrons. The van der Waals surface area contributed by atoms with Crippen LogP contribution in [0.5, 0.6) is 23.0 Å². The van der Waals surface area contributed by atoms with Gasteiger partial charge < -0.3 is 19.7 Å². The fourth-order valence-corrected chi connectivity index (χ4v) is 5.20. The predicted octanol–water partition coefficient (Wildman–Crippen LogP) is 10.7. The number of aromatic hydroxyl groups is 2. The number of ether oxygens (including phenoxy) is 2. The van der Waals surface area contributed by atoms with Crippen LogP contribution in [0.15, 0.2) is 57.8 Å². The summed E-state index contributed by atoms with van der Waals surface area (Å²) >= 11 is 0. The van der Waals surface area contributed by atoms with Crippen molar-refractivity contribution < 1.29 is 19.7 Å². The maximum Gasteiger partial charge on any atom is 0.176 e. The minimum Gasteiger partial charge on any atom is -0.507 e. The second kappa shape index (κ2) is 25.7. The molecule has 0 atom stereocenters. The number of nitriles is 2. The van der Waals surface area contributed by atoms with Crippen LogP contribution in [0.4, 0.5) is 0 Å². The highest BCUT2D eigenvalue weighted by molar-refractivity contribution is 5.86. The predicted molar refractivity (Wildman–Crippen MR) is 195 cm³/mol. The lowest BCUT2D eigenvalue weighted by atomic mass is 10.1. The molecule has 0 aliphatic carbocycles. The van der Waals surface area contributed by atoms with Gasteiger partial charge in [-0.2, -0.15) is 10.5 Å². The van der Waals surface area contributed by atoms with Crippen molar-refractivity contribution in [1.82, 2.24) is 0 Å². The molecule has 0 heterocycles. The molecular weight excluding hydrogens is 600 g/mol. The molecule has 2 aromatic carbocycles. The third-order valence-electron chi connectivity index (χ3n) is 8.14. The van der Waals surface area contributed by atoms with E-state index in [1.807, 2.05) is 12.1 Å². The lowest BCUT2D eigenvalue weighted by Crippen LogP contribution is -1.98. The van der Waals surface area contributed by atoms with E-state index in [1.165, 1.54) is 114 Å². The van der Waals surface area contributed by atoms with Crippen LogP contribution in [-0.2, 0) is 0 Å². The van der Waals surface area contributed by atoms with Gasteiger partial charge in [0.1, 0.15) is 35.1 Å². The van der Waals surface area contributed by atoms with E-state index >= 15 is 0 Å². The van der Waals surface area contributed by atoms with Gasteiger partial charge in [0.2, 0.25) is 0 Å². The third-order valence-corrected chi connectivity index (χ3v) is 8.14. The Bertz CT molecular complexity index is 1270. The summed E-state index contributed by atoms with van der Waals surface area (Å²) in [4.78, 5) is 8.20. The van der Waals surface area contributed by atoms with Gasteiger partial charge in [0.15, 0.2) is 11.4 Å². The topological polar surface area (TPSA) is 131 Å². The Balaban J connectivity index is 1.83. The molecule has 8 nitrogen and oxygen atoms in total. The van der Waals surface area contributed by atoms with Crippen molar-refractivity contribution in [3.63, 3.8) is 0 Å². The second-order valence-corrected chi connectivity index (χ2v) is 12.2. The van der Waals surface area contributed by atoms with Crippen LogP contribution in [0.3, 0.4) is 0 Å². The number of nitrogens with zero attached hydrogens (tertiary/aromatic N) is 4. The van der Waals surface area contributed by atoms with Gasteiger partial charge in [-0.25, -0.2) is 9.98 Å². The monoisotopic (exact) mass is 656 g/mol. The van der Waals surface area contributed by atoms with E-state index in [2.05, 4.69) is 23.8 Å². The zero-order chi connectivity index (χ0) is 34.7. The Morgan fingerprint density at radius 1 is 0.562 bits per heavy atom. The van der Waals surface area contributed by atoms with E-state index in [-0.39, 0.29) is 22.9 Å². The first-order valence-electron chi connectivity index (χ1n) is 18.1. The molecule has 0 aliphatic rings. The average Bonchev–Trinajstić information content (AvgIpc) is 3.09. The van der Waals surface area contributed by atoms with Crippen molar-refractivity contribution in [2.24, 2.45) is 9.98 Å². The highest BCUT2D eigenvalue weighted by Crippen LogP contribution is 2.25. The molecule has 0 spiro atoms. The van der Waals surface area contributed by atoms with Crippen molar-refractivity contribution in [3.8, 4) is 35.1 Å². The molecule has 2 aromatic rings. The van der Waals surface area contributed by atoms with Crippen molar-refractivity contribution in [1.29, 1.82) is 10.5 Å². The molecule has 0 radical (unpaired) electrons. The normalized spacial score (nSPS) is 11.8. The summed E-state index contributed by atoms with van der Waals surface area (Å²) in [6.07, 6.45) is 24.8. The Morgan fingerprint density at radius 3 is 1.21 bits per heavy atom. The Labute approximate surface area is 288 Å². The van der Waals surface area contributed by atoms with Gasteiger partial charge in [-0.05, 0) is 37.1 Å². The zero-order valence-corrected chi connectivity index (χ0v) is 29.3. The molecule has 0 fully saturated rings. The third kappa shape index (κ3) is 17.0. The smallest absolute Gasteiger partial charge is 0.176 e. The van der Waals surface area contributed by atoms with Crippen LogP contribution in [0.1, 0.15) is 141 Å². The molecule has 0 saturated heterocycles. The first kappa shape index (κ1) is 39.9. The van der Waals surface area contributed by atoms with E-state index in [1.54, 1.807) is 24.3 Å². The maximum absolute atomic E-state index is 10.5. The molecule has 0 aliphatic heterocycles. The zero-order valence-electron chi connectivity index (χ0n) is 29.3.